The van der Waals surface area contributed by atoms with Gasteiger partial charge in [0.1, 0.15) is 0 Å². The van der Waals surface area contributed by atoms with E-state index in [1.54, 1.807) is 0 Å². The first-order valence-electron chi connectivity index (χ1n) is 4.86. The Balaban J connectivity index is -0.000000720. The van der Waals surface area contributed by atoms with Crippen molar-refractivity contribution >= 4 is 0 Å². The fourth-order valence-electron chi connectivity index (χ4n) is 1.10. The van der Waals surface area contributed by atoms with Crippen LogP contribution in [0.2, 0.25) is 0 Å². The van der Waals surface area contributed by atoms with Gasteiger partial charge in [0.2, 0.25) is 0 Å². The van der Waals surface area contributed by atoms with Gasteiger partial charge in [0, 0.05) is 53.8 Å². The van der Waals surface area contributed by atoms with E-state index >= 15 is 0 Å². The summed E-state index contributed by atoms with van der Waals surface area (Å²) in [6.45, 7) is 9.99. The molecule has 3 heteroatoms. The molecule has 1 nitrogen and oxygen atoms in total. The first kappa shape index (κ1) is 21.5. The fraction of sp³-hybridized carbons (Fsp3) is 0.667. The molecule has 0 amide bonds. The monoisotopic (exact) mass is 454 g/mol. The molecule has 0 aromatic carbocycles. The summed E-state index contributed by atoms with van der Waals surface area (Å²) < 4.78 is 0. The molecule has 0 aliphatic heterocycles. The van der Waals surface area contributed by atoms with E-state index in [0.29, 0.717) is 5.92 Å². The van der Waals surface area contributed by atoms with Crippen molar-refractivity contribution in [1.82, 2.24) is 0 Å². The van der Waals surface area contributed by atoms with Gasteiger partial charge in [-0.1, -0.05) is 27.7 Å². The fourth-order valence-corrected chi connectivity index (χ4v) is 1.10. The van der Waals surface area contributed by atoms with Crippen LogP contribution in [0.5, 0.6) is 0 Å². The predicted molar refractivity (Wildman–Crippen MR) is 57.3 cm³/mol. The van der Waals surface area contributed by atoms with Crippen molar-refractivity contribution < 1.29 is 58.9 Å². The number of rotatable bonds is 4. The van der Waals surface area contributed by atoms with E-state index in [9.17, 15) is 5.11 Å². The van der Waals surface area contributed by atoms with Gasteiger partial charge in [-0.25, -0.2) is 11.6 Å². The van der Waals surface area contributed by atoms with Crippen LogP contribution in [0.15, 0.2) is 17.7 Å². The second-order valence-electron chi connectivity index (χ2n) is 3.89. The third-order valence-corrected chi connectivity index (χ3v) is 2.27. The first-order valence-corrected chi connectivity index (χ1v) is 4.86. The van der Waals surface area contributed by atoms with Crippen molar-refractivity contribution in [2.75, 3.05) is 0 Å². The van der Waals surface area contributed by atoms with Crippen molar-refractivity contribution in [1.29, 1.82) is 0 Å². The summed E-state index contributed by atoms with van der Waals surface area (Å²) in [4.78, 5) is 0. The van der Waals surface area contributed by atoms with Crippen LogP contribution in [-0.2, 0) is 53.8 Å². The van der Waals surface area contributed by atoms with E-state index in [0.717, 1.165) is 5.57 Å². The Labute approximate surface area is 134 Å². The van der Waals surface area contributed by atoms with Gasteiger partial charge in [0.05, 0.1) is 6.10 Å². The zero-order chi connectivity index (χ0) is 10.4. The summed E-state index contributed by atoms with van der Waals surface area (Å²) in [5.74, 6) is 0.526. The van der Waals surface area contributed by atoms with E-state index in [2.05, 4.69) is 6.08 Å². The molecule has 85 valence electrons. The normalized spacial score (nSPS) is 15.8. The number of allylic oxidation sites excluding steroid dienone is 3. The van der Waals surface area contributed by atoms with Crippen molar-refractivity contribution in [3.63, 3.8) is 0 Å². The van der Waals surface area contributed by atoms with E-state index in [1.165, 1.54) is 0 Å². The summed E-state index contributed by atoms with van der Waals surface area (Å²) in [5.41, 5.74) is 1.11. The van der Waals surface area contributed by atoms with Crippen LogP contribution >= 0.6 is 0 Å². The Morgan fingerprint density at radius 2 is 1.73 bits per heavy atom. The summed E-state index contributed by atoms with van der Waals surface area (Å²) in [7, 11) is 0. The average Bonchev–Trinajstić information content (AvgIpc) is 2.11. The van der Waals surface area contributed by atoms with Crippen LogP contribution in [0.25, 0.3) is 0 Å². The Kier molecular flexibility index (Phi) is 16.8. The zero-order valence-corrected chi connectivity index (χ0v) is 16.1. The van der Waals surface area contributed by atoms with Gasteiger partial charge >= 0.3 is 0 Å². The molecule has 2 atom stereocenters. The van der Waals surface area contributed by atoms with Crippen molar-refractivity contribution in [3.05, 3.63) is 23.8 Å². The molecule has 0 aromatic heterocycles. The average molecular weight is 454 g/mol. The Morgan fingerprint density at radius 3 is 2.07 bits per heavy atom. The Bertz CT molecular complexity index is 200. The molecule has 0 fully saturated rings. The van der Waals surface area contributed by atoms with Gasteiger partial charge in [-0.2, -0.15) is 6.08 Å². The van der Waals surface area contributed by atoms with Gasteiger partial charge in [-0.3, -0.25) is 6.08 Å². The molecular formula is C12H21OWY-. The van der Waals surface area contributed by atoms with Crippen LogP contribution in [0.3, 0.4) is 0 Å². The summed E-state index contributed by atoms with van der Waals surface area (Å²) >= 11 is 0. The van der Waals surface area contributed by atoms with Gasteiger partial charge in [0.15, 0.2) is 0 Å². The second kappa shape index (κ2) is 11.7. The van der Waals surface area contributed by atoms with Crippen LogP contribution in [0.1, 0.15) is 34.6 Å². The van der Waals surface area contributed by atoms with Crippen molar-refractivity contribution in [2.45, 2.75) is 40.7 Å². The minimum atomic E-state index is -0.249. The summed E-state index contributed by atoms with van der Waals surface area (Å²) in [6, 6.07) is 0. The van der Waals surface area contributed by atoms with E-state index in [1.807, 2.05) is 46.8 Å². The molecule has 0 unspecified atom stereocenters. The van der Waals surface area contributed by atoms with Crippen LogP contribution in [-0.4, -0.2) is 11.2 Å². The van der Waals surface area contributed by atoms with Crippen LogP contribution < -0.4 is 0 Å². The van der Waals surface area contributed by atoms with E-state index in [-0.39, 0.29) is 65.8 Å². The van der Waals surface area contributed by atoms with E-state index in [4.69, 9.17) is 0 Å². The Hall–Kier alpha value is 1.23. The smallest absolute Gasteiger partial charge is 0.0608 e. The minimum absolute atomic E-state index is 0. The maximum Gasteiger partial charge on any atom is 0.0608 e. The van der Waals surface area contributed by atoms with Crippen molar-refractivity contribution in [2.24, 2.45) is 11.8 Å². The van der Waals surface area contributed by atoms with Crippen LogP contribution in [0.4, 0.5) is 0 Å². The number of aliphatic hydroxyl groups is 1. The molecular weight excluding hydrogens is 433 g/mol. The first-order chi connectivity index (χ1) is 5.99. The largest absolute Gasteiger partial charge is 0.392 e. The topological polar surface area (TPSA) is 20.2 Å². The quantitative estimate of drug-likeness (QED) is 0.512. The molecule has 1 radical (unpaired) electrons. The number of hydrogen-bond donors (Lipinski definition) is 1. The maximum atomic E-state index is 9.70. The Morgan fingerprint density at radius 1 is 1.27 bits per heavy atom. The standard InChI is InChI=1S/C12H21O.W.Y/c1-6-10(4)7-8-11(5)12(13)9(2)3;;/h7-9,11-13H,1-5H3;;/q-1;;/t11-,12+;;/m1../s1. The molecule has 0 aliphatic rings. The summed E-state index contributed by atoms with van der Waals surface area (Å²) in [5, 5.41) is 9.70. The molecule has 0 heterocycles. The maximum absolute atomic E-state index is 9.70. The molecule has 0 aliphatic carbocycles. The van der Waals surface area contributed by atoms with Gasteiger partial charge in [-0.15, -0.1) is 6.92 Å². The molecule has 0 aromatic rings. The molecule has 0 saturated heterocycles. The van der Waals surface area contributed by atoms with Gasteiger partial charge < -0.3 is 5.11 Å². The zero-order valence-electron chi connectivity index (χ0n) is 10.3. The number of hydrogen-bond acceptors (Lipinski definition) is 1. The van der Waals surface area contributed by atoms with Crippen LogP contribution in [0, 0.1) is 17.9 Å². The predicted octanol–water partition coefficient (Wildman–Crippen LogP) is 2.96. The van der Waals surface area contributed by atoms with E-state index < -0.39 is 0 Å². The van der Waals surface area contributed by atoms with Gasteiger partial charge in [-0.05, 0) is 11.8 Å². The third kappa shape index (κ3) is 10.1. The summed E-state index contributed by atoms with van der Waals surface area (Å²) in [6.07, 6.45) is 6.84. The minimum Gasteiger partial charge on any atom is -0.392 e. The number of aliphatic hydroxyl groups excluding tert-OH is 1. The molecule has 0 saturated carbocycles. The van der Waals surface area contributed by atoms with Gasteiger partial charge in [0.25, 0.3) is 0 Å². The molecule has 0 bridgehead atoms. The molecule has 1 N–H and O–H groups in total. The second-order valence-corrected chi connectivity index (χ2v) is 3.89. The SMILES string of the molecule is C[C-]=C(C)C=C[C@@H](C)[C@@H](O)C(C)C.[W].[Y]. The molecule has 0 spiro atoms. The molecule has 15 heavy (non-hydrogen) atoms. The van der Waals surface area contributed by atoms with Crippen molar-refractivity contribution in [3.8, 4) is 0 Å². The molecule has 0 rings (SSSR count). The third-order valence-electron chi connectivity index (χ3n) is 2.27.